The molecule has 0 aliphatic rings. The van der Waals surface area contributed by atoms with Gasteiger partial charge in [0.1, 0.15) is 5.03 Å². The normalized spacial score (nSPS) is 12.3. The highest BCUT2D eigenvalue weighted by atomic mass is 32.2. The van der Waals surface area contributed by atoms with Crippen molar-refractivity contribution in [2.24, 2.45) is 0 Å². The van der Waals surface area contributed by atoms with Crippen molar-refractivity contribution in [3.8, 4) is 11.1 Å². The first-order valence-electron chi connectivity index (χ1n) is 4.38. The Morgan fingerprint density at radius 3 is 2.27 bits per heavy atom. The largest absolute Gasteiger partial charge is 0.767 e. The van der Waals surface area contributed by atoms with Crippen LogP contribution >= 0.6 is 0 Å². The molecule has 0 aliphatic carbocycles. The average Bonchev–Trinajstić information content (AvgIpc) is 2.30. The van der Waals surface area contributed by atoms with E-state index < -0.39 is 11.1 Å². The van der Waals surface area contributed by atoms with Crippen molar-refractivity contribution in [3.05, 3.63) is 48.7 Å². The Balaban J connectivity index is 2.36. The van der Waals surface area contributed by atoms with E-state index in [0.717, 1.165) is 11.1 Å². The van der Waals surface area contributed by atoms with Gasteiger partial charge in [-0.1, -0.05) is 36.4 Å². The van der Waals surface area contributed by atoms with Crippen molar-refractivity contribution < 1.29 is 8.76 Å². The van der Waals surface area contributed by atoms with Gasteiger partial charge in [0.25, 0.3) is 0 Å². The topological polar surface area (TPSA) is 53.0 Å². The summed E-state index contributed by atoms with van der Waals surface area (Å²) < 4.78 is 21.2. The summed E-state index contributed by atoms with van der Waals surface area (Å²) in [5, 5.41) is 0.0645. The van der Waals surface area contributed by atoms with Gasteiger partial charge >= 0.3 is 0 Å². The lowest BCUT2D eigenvalue weighted by atomic mass is 10.1. The van der Waals surface area contributed by atoms with E-state index in [0.29, 0.717) is 0 Å². The quantitative estimate of drug-likeness (QED) is 0.724. The maximum atomic E-state index is 10.6. The first-order valence-corrected chi connectivity index (χ1v) is 5.45. The number of benzene rings is 1. The third-order valence-corrected chi connectivity index (χ3v) is 2.60. The Labute approximate surface area is 90.1 Å². The van der Waals surface area contributed by atoms with Crippen LogP contribution < -0.4 is 0 Å². The first-order chi connectivity index (χ1) is 7.27. The number of rotatable bonds is 2. The standard InChI is InChI=1S/C11H9NO2S/c13-15(14)11-7-6-10(8-12-11)9-4-2-1-3-5-9/h1-8H,(H,13,14)/p-1. The van der Waals surface area contributed by atoms with Gasteiger partial charge in [-0.2, -0.15) is 0 Å². The minimum absolute atomic E-state index is 0.0645. The van der Waals surface area contributed by atoms with Gasteiger partial charge in [-0.25, -0.2) is 4.98 Å². The van der Waals surface area contributed by atoms with E-state index in [1.807, 2.05) is 30.3 Å². The fourth-order valence-corrected chi connectivity index (χ4v) is 1.60. The fourth-order valence-electron chi connectivity index (χ4n) is 1.28. The molecule has 1 aromatic heterocycles. The second-order valence-corrected chi connectivity index (χ2v) is 3.87. The summed E-state index contributed by atoms with van der Waals surface area (Å²) >= 11 is -2.25. The zero-order valence-corrected chi connectivity index (χ0v) is 8.61. The van der Waals surface area contributed by atoms with Crippen LogP contribution in [0.25, 0.3) is 11.1 Å². The molecule has 1 aromatic carbocycles. The molecule has 0 amide bonds. The first kappa shape index (κ1) is 10.0. The second kappa shape index (κ2) is 4.33. The van der Waals surface area contributed by atoms with Crippen molar-refractivity contribution >= 4 is 11.1 Å². The van der Waals surface area contributed by atoms with E-state index in [1.54, 1.807) is 12.3 Å². The van der Waals surface area contributed by atoms with Crippen molar-refractivity contribution in [2.75, 3.05) is 0 Å². The zero-order chi connectivity index (χ0) is 10.7. The predicted molar refractivity (Wildman–Crippen MR) is 56.9 cm³/mol. The van der Waals surface area contributed by atoms with E-state index in [1.165, 1.54) is 6.07 Å². The van der Waals surface area contributed by atoms with Crippen LogP contribution in [0.2, 0.25) is 0 Å². The Hall–Kier alpha value is -1.52. The third kappa shape index (κ3) is 2.29. The van der Waals surface area contributed by atoms with E-state index in [2.05, 4.69) is 4.98 Å². The molecule has 0 saturated carbocycles. The van der Waals surface area contributed by atoms with Crippen molar-refractivity contribution in [1.82, 2.24) is 4.98 Å². The second-order valence-electron chi connectivity index (χ2n) is 2.99. The van der Waals surface area contributed by atoms with Gasteiger partial charge in [0.2, 0.25) is 0 Å². The van der Waals surface area contributed by atoms with Gasteiger partial charge in [0.15, 0.2) is 0 Å². The summed E-state index contributed by atoms with van der Waals surface area (Å²) in [7, 11) is 0. The molecular weight excluding hydrogens is 210 g/mol. The molecule has 0 saturated heterocycles. The predicted octanol–water partition coefficient (Wildman–Crippen LogP) is 1.99. The molecule has 4 heteroatoms. The summed E-state index contributed by atoms with van der Waals surface area (Å²) in [6.45, 7) is 0. The third-order valence-electron chi connectivity index (χ3n) is 2.01. The molecule has 0 aliphatic heterocycles. The lowest BCUT2D eigenvalue weighted by molar-refractivity contribution is 0.533. The highest BCUT2D eigenvalue weighted by Gasteiger charge is 1.98. The van der Waals surface area contributed by atoms with Crippen molar-refractivity contribution in [1.29, 1.82) is 0 Å². The molecule has 3 nitrogen and oxygen atoms in total. The Bertz CT molecular complexity index is 468. The monoisotopic (exact) mass is 218 g/mol. The molecule has 1 unspecified atom stereocenters. The van der Waals surface area contributed by atoms with Crippen LogP contribution in [0.5, 0.6) is 0 Å². The van der Waals surface area contributed by atoms with Gasteiger partial charge < -0.3 is 4.55 Å². The number of aromatic nitrogens is 1. The van der Waals surface area contributed by atoms with Crippen LogP contribution in [-0.2, 0) is 11.1 Å². The van der Waals surface area contributed by atoms with Gasteiger partial charge in [-0.05, 0) is 22.7 Å². The van der Waals surface area contributed by atoms with Gasteiger partial charge in [0.05, 0.1) is 0 Å². The minimum Gasteiger partial charge on any atom is -0.767 e. The highest BCUT2D eigenvalue weighted by Crippen LogP contribution is 2.18. The molecule has 0 spiro atoms. The fraction of sp³-hybridized carbons (Fsp3) is 0. The molecular formula is C11H8NO2S-. The maximum absolute atomic E-state index is 10.6. The van der Waals surface area contributed by atoms with E-state index >= 15 is 0 Å². The van der Waals surface area contributed by atoms with Gasteiger partial charge in [-0.15, -0.1) is 0 Å². The van der Waals surface area contributed by atoms with Gasteiger partial charge in [-0.3, -0.25) is 4.21 Å². The van der Waals surface area contributed by atoms with E-state index in [-0.39, 0.29) is 5.03 Å². The molecule has 1 atom stereocenters. The minimum atomic E-state index is -2.25. The molecule has 2 aromatic rings. The van der Waals surface area contributed by atoms with Gasteiger partial charge in [0, 0.05) is 11.8 Å². The molecule has 76 valence electrons. The molecule has 0 bridgehead atoms. The summed E-state index contributed by atoms with van der Waals surface area (Å²) in [6, 6.07) is 12.9. The van der Waals surface area contributed by atoms with Crippen LogP contribution in [0.4, 0.5) is 0 Å². The number of hydrogen-bond donors (Lipinski definition) is 0. The Morgan fingerprint density at radius 2 is 1.73 bits per heavy atom. The molecule has 0 radical (unpaired) electrons. The summed E-state index contributed by atoms with van der Waals surface area (Å²) in [4.78, 5) is 3.84. The lowest BCUT2D eigenvalue weighted by Gasteiger charge is -2.05. The van der Waals surface area contributed by atoms with Crippen LogP contribution in [0.1, 0.15) is 0 Å². The lowest BCUT2D eigenvalue weighted by Crippen LogP contribution is -1.92. The molecule has 1 heterocycles. The van der Waals surface area contributed by atoms with E-state index in [9.17, 15) is 8.76 Å². The number of hydrogen-bond acceptors (Lipinski definition) is 3. The van der Waals surface area contributed by atoms with E-state index in [4.69, 9.17) is 0 Å². The van der Waals surface area contributed by atoms with Crippen molar-refractivity contribution in [2.45, 2.75) is 5.03 Å². The summed E-state index contributed by atoms with van der Waals surface area (Å²) in [5.74, 6) is 0. The SMILES string of the molecule is O=S([O-])c1ccc(-c2ccccc2)cn1. The summed E-state index contributed by atoms with van der Waals surface area (Å²) in [5.41, 5.74) is 1.93. The summed E-state index contributed by atoms with van der Waals surface area (Å²) in [6.07, 6.45) is 1.56. The Morgan fingerprint density at radius 1 is 1.00 bits per heavy atom. The average molecular weight is 218 g/mol. The smallest absolute Gasteiger partial charge is 0.113 e. The molecule has 0 fully saturated rings. The van der Waals surface area contributed by atoms with Crippen molar-refractivity contribution in [3.63, 3.8) is 0 Å². The Kier molecular flexibility index (Phi) is 2.89. The maximum Gasteiger partial charge on any atom is 0.113 e. The number of pyridine rings is 1. The van der Waals surface area contributed by atoms with Crippen LogP contribution in [0.3, 0.4) is 0 Å². The molecule has 0 N–H and O–H groups in total. The molecule has 2 rings (SSSR count). The molecule has 15 heavy (non-hydrogen) atoms. The zero-order valence-electron chi connectivity index (χ0n) is 7.79. The van der Waals surface area contributed by atoms with Crippen LogP contribution in [-0.4, -0.2) is 13.7 Å². The van der Waals surface area contributed by atoms with Crippen LogP contribution in [0.15, 0.2) is 53.7 Å². The van der Waals surface area contributed by atoms with Crippen LogP contribution in [0, 0.1) is 0 Å². The highest BCUT2D eigenvalue weighted by molar-refractivity contribution is 7.79. The number of nitrogens with zero attached hydrogens (tertiary/aromatic N) is 1.